The Morgan fingerprint density at radius 1 is 1.11 bits per heavy atom. The number of ether oxygens (including phenoxy) is 1. The topological polar surface area (TPSA) is 75.9 Å². The van der Waals surface area contributed by atoms with Crippen molar-refractivity contribution >= 4 is 12.0 Å². The molecule has 2 N–H and O–H groups in total. The molecule has 2 aliphatic rings. The molecule has 0 aromatic carbocycles. The van der Waals surface area contributed by atoms with Gasteiger partial charge in [0.25, 0.3) is 0 Å². The number of hydrogen-bond donors (Lipinski definition) is 1. The van der Waals surface area contributed by atoms with Gasteiger partial charge in [0.1, 0.15) is 5.60 Å². The number of rotatable bonds is 1. The average Bonchev–Trinajstić information content (AvgIpc) is 2.06. The van der Waals surface area contributed by atoms with Gasteiger partial charge in [0.2, 0.25) is 5.91 Å². The Balaban J connectivity index is 1.73. The lowest BCUT2D eigenvalue weighted by Gasteiger charge is -2.44. The molecule has 0 aliphatic carbocycles. The fourth-order valence-electron chi connectivity index (χ4n) is 2.06. The summed E-state index contributed by atoms with van der Waals surface area (Å²) in [7, 11) is 0. The van der Waals surface area contributed by atoms with Crippen LogP contribution in [0.1, 0.15) is 20.8 Å². The van der Waals surface area contributed by atoms with E-state index in [1.165, 1.54) is 0 Å². The van der Waals surface area contributed by atoms with Crippen molar-refractivity contribution in [1.82, 2.24) is 9.80 Å². The average molecular weight is 255 g/mol. The normalized spacial score (nSPS) is 21.3. The fourth-order valence-corrected chi connectivity index (χ4v) is 2.06. The maximum absolute atomic E-state index is 11.9. The molecule has 18 heavy (non-hydrogen) atoms. The second-order valence-corrected chi connectivity index (χ2v) is 6.09. The van der Waals surface area contributed by atoms with E-state index in [-0.39, 0.29) is 24.0 Å². The standard InChI is InChI=1S/C12H21N3O3/c1-12(2,3)18-11(17)15-4-8(5-15)10(16)14-6-9(13)7-14/h8-9H,4-7,13H2,1-3H3. The molecule has 0 aromatic heterocycles. The van der Waals surface area contributed by atoms with Crippen LogP contribution in [0.4, 0.5) is 4.79 Å². The van der Waals surface area contributed by atoms with Crippen molar-refractivity contribution in [3.05, 3.63) is 0 Å². The van der Waals surface area contributed by atoms with Crippen LogP contribution in [0.15, 0.2) is 0 Å². The zero-order chi connectivity index (χ0) is 13.5. The molecule has 2 rings (SSSR count). The molecule has 2 aliphatic heterocycles. The van der Waals surface area contributed by atoms with Crippen LogP contribution in [-0.2, 0) is 9.53 Å². The number of nitrogens with two attached hydrogens (primary N) is 1. The van der Waals surface area contributed by atoms with E-state index in [4.69, 9.17) is 10.5 Å². The van der Waals surface area contributed by atoms with E-state index in [0.717, 1.165) is 0 Å². The van der Waals surface area contributed by atoms with Gasteiger partial charge in [0.15, 0.2) is 0 Å². The summed E-state index contributed by atoms with van der Waals surface area (Å²) in [5.74, 6) is 0.0292. The Kier molecular flexibility index (Phi) is 3.23. The van der Waals surface area contributed by atoms with E-state index in [0.29, 0.717) is 26.2 Å². The first kappa shape index (κ1) is 13.1. The summed E-state index contributed by atoms with van der Waals surface area (Å²) in [6.45, 7) is 7.68. The molecule has 2 amide bonds. The molecule has 0 unspecified atom stereocenters. The van der Waals surface area contributed by atoms with E-state index in [1.54, 1.807) is 9.80 Å². The lowest BCUT2D eigenvalue weighted by Crippen LogP contribution is -2.64. The van der Waals surface area contributed by atoms with Crippen molar-refractivity contribution in [3.63, 3.8) is 0 Å². The van der Waals surface area contributed by atoms with Crippen molar-refractivity contribution in [1.29, 1.82) is 0 Å². The van der Waals surface area contributed by atoms with Crippen molar-refractivity contribution in [2.75, 3.05) is 26.2 Å². The smallest absolute Gasteiger partial charge is 0.410 e. The third-order valence-electron chi connectivity index (χ3n) is 3.10. The second kappa shape index (κ2) is 4.42. The Morgan fingerprint density at radius 3 is 2.11 bits per heavy atom. The van der Waals surface area contributed by atoms with E-state index >= 15 is 0 Å². The first-order valence-electron chi connectivity index (χ1n) is 6.28. The van der Waals surface area contributed by atoms with Crippen LogP contribution >= 0.6 is 0 Å². The Hall–Kier alpha value is -1.30. The largest absolute Gasteiger partial charge is 0.444 e. The second-order valence-electron chi connectivity index (χ2n) is 6.09. The molecule has 6 nitrogen and oxygen atoms in total. The van der Waals surface area contributed by atoms with Gasteiger partial charge in [-0.15, -0.1) is 0 Å². The highest BCUT2D eigenvalue weighted by Gasteiger charge is 2.41. The molecule has 0 atom stereocenters. The van der Waals surface area contributed by atoms with Gasteiger partial charge in [-0.3, -0.25) is 4.79 Å². The minimum Gasteiger partial charge on any atom is -0.444 e. The number of amides is 2. The highest BCUT2D eigenvalue weighted by Crippen LogP contribution is 2.23. The summed E-state index contributed by atoms with van der Waals surface area (Å²) in [4.78, 5) is 26.9. The predicted octanol–water partition coefficient (Wildman–Crippen LogP) is 0.0228. The predicted molar refractivity (Wildman–Crippen MR) is 65.9 cm³/mol. The SMILES string of the molecule is CC(C)(C)OC(=O)N1CC(C(=O)N2CC(N)C2)C1. The van der Waals surface area contributed by atoms with Crippen LogP contribution in [0.25, 0.3) is 0 Å². The summed E-state index contributed by atoms with van der Waals surface area (Å²) >= 11 is 0. The molecule has 0 bridgehead atoms. The maximum atomic E-state index is 11.9. The molecule has 102 valence electrons. The van der Waals surface area contributed by atoms with Crippen molar-refractivity contribution in [2.45, 2.75) is 32.4 Å². The van der Waals surface area contributed by atoms with Crippen LogP contribution in [0.2, 0.25) is 0 Å². The minimum absolute atomic E-state index is 0.0787. The summed E-state index contributed by atoms with van der Waals surface area (Å²) in [5.41, 5.74) is 5.14. The van der Waals surface area contributed by atoms with Crippen molar-refractivity contribution in [3.8, 4) is 0 Å². The maximum Gasteiger partial charge on any atom is 0.410 e. The zero-order valence-electron chi connectivity index (χ0n) is 11.2. The van der Waals surface area contributed by atoms with Gasteiger partial charge in [-0.05, 0) is 20.8 Å². The number of carbonyl (C=O) groups excluding carboxylic acids is 2. The van der Waals surface area contributed by atoms with Crippen LogP contribution < -0.4 is 5.73 Å². The number of hydrogen-bond acceptors (Lipinski definition) is 4. The lowest BCUT2D eigenvalue weighted by atomic mass is 9.96. The molecule has 0 saturated carbocycles. The highest BCUT2D eigenvalue weighted by molar-refractivity contribution is 5.83. The van der Waals surface area contributed by atoms with Crippen LogP contribution in [0.3, 0.4) is 0 Å². The van der Waals surface area contributed by atoms with Gasteiger partial charge in [-0.2, -0.15) is 0 Å². The molecule has 0 spiro atoms. The molecular weight excluding hydrogens is 234 g/mol. The van der Waals surface area contributed by atoms with Crippen molar-refractivity contribution in [2.24, 2.45) is 11.7 Å². The lowest BCUT2D eigenvalue weighted by molar-refractivity contribution is -0.145. The van der Waals surface area contributed by atoms with Gasteiger partial charge in [0, 0.05) is 32.2 Å². The first-order valence-corrected chi connectivity index (χ1v) is 6.28. The number of carbonyl (C=O) groups is 2. The fraction of sp³-hybridized carbons (Fsp3) is 0.833. The Labute approximate surface area is 107 Å². The van der Waals surface area contributed by atoms with Crippen LogP contribution in [-0.4, -0.2) is 59.6 Å². The summed E-state index contributed by atoms with van der Waals surface area (Å²) < 4.78 is 5.23. The molecule has 2 fully saturated rings. The zero-order valence-corrected chi connectivity index (χ0v) is 11.2. The van der Waals surface area contributed by atoms with Crippen molar-refractivity contribution < 1.29 is 14.3 Å². The first-order chi connectivity index (χ1) is 8.26. The van der Waals surface area contributed by atoms with E-state index in [9.17, 15) is 9.59 Å². The van der Waals surface area contributed by atoms with E-state index < -0.39 is 5.60 Å². The van der Waals surface area contributed by atoms with Gasteiger partial charge >= 0.3 is 6.09 Å². The van der Waals surface area contributed by atoms with Gasteiger partial charge in [-0.1, -0.05) is 0 Å². The third-order valence-corrected chi connectivity index (χ3v) is 3.10. The van der Waals surface area contributed by atoms with Gasteiger partial charge < -0.3 is 20.3 Å². The molecule has 0 aromatic rings. The van der Waals surface area contributed by atoms with Crippen LogP contribution in [0.5, 0.6) is 0 Å². The van der Waals surface area contributed by atoms with E-state index in [1.807, 2.05) is 20.8 Å². The molecular formula is C12H21N3O3. The third kappa shape index (κ3) is 2.75. The van der Waals surface area contributed by atoms with E-state index in [2.05, 4.69) is 0 Å². The Bertz CT molecular complexity index is 352. The molecule has 6 heteroatoms. The minimum atomic E-state index is -0.490. The summed E-state index contributed by atoms with van der Waals surface area (Å²) in [6, 6.07) is 0.121. The number of nitrogens with zero attached hydrogens (tertiary/aromatic N) is 2. The Morgan fingerprint density at radius 2 is 1.67 bits per heavy atom. The number of likely N-dealkylation sites (tertiary alicyclic amines) is 2. The van der Waals surface area contributed by atoms with Crippen LogP contribution in [0, 0.1) is 5.92 Å². The molecule has 2 heterocycles. The van der Waals surface area contributed by atoms with Gasteiger partial charge in [-0.25, -0.2) is 4.79 Å². The molecule has 0 radical (unpaired) electrons. The quantitative estimate of drug-likeness (QED) is 0.717. The monoisotopic (exact) mass is 255 g/mol. The molecule has 2 saturated heterocycles. The highest BCUT2D eigenvalue weighted by atomic mass is 16.6. The van der Waals surface area contributed by atoms with Gasteiger partial charge in [0.05, 0.1) is 5.92 Å². The summed E-state index contributed by atoms with van der Waals surface area (Å²) in [6.07, 6.45) is -0.341. The summed E-state index contributed by atoms with van der Waals surface area (Å²) in [5, 5.41) is 0.